The molecule has 0 bridgehead atoms. The first-order chi connectivity index (χ1) is 27.8. The van der Waals surface area contributed by atoms with Crippen molar-refractivity contribution in [2.24, 2.45) is 0 Å². The molecular formula is C52H30N4. The van der Waals surface area contributed by atoms with Crippen molar-refractivity contribution in [3.63, 3.8) is 0 Å². The SMILES string of the molecule is c1ccc(-c2nc(-n3c4cccc5c6cccc7c8ccccc8n(c8cccc3c8c54)c67)nc3c2cc(-c2cccc4ccccc24)c2ccccc23)cc1. The molecule has 4 heterocycles. The van der Waals surface area contributed by atoms with E-state index in [-0.39, 0.29) is 0 Å². The lowest BCUT2D eigenvalue weighted by molar-refractivity contribution is 1.02. The molecule has 0 saturated heterocycles. The van der Waals surface area contributed by atoms with Gasteiger partial charge in [0, 0.05) is 43.3 Å². The zero-order valence-electron chi connectivity index (χ0n) is 30.1. The van der Waals surface area contributed by atoms with Gasteiger partial charge in [-0.3, -0.25) is 4.57 Å². The summed E-state index contributed by atoms with van der Waals surface area (Å²) in [5.74, 6) is 0.657. The molecule has 258 valence electrons. The summed E-state index contributed by atoms with van der Waals surface area (Å²) < 4.78 is 4.78. The first kappa shape index (κ1) is 29.8. The number of rotatable bonds is 3. The van der Waals surface area contributed by atoms with Crippen molar-refractivity contribution in [3.8, 4) is 28.3 Å². The molecule has 0 spiro atoms. The Morgan fingerprint density at radius 2 is 0.946 bits per heavy atom. The zero-order valence-corrected chi connectivity index (χ0v) is 30.1. The molecule has 9 aromatic carbocycles. The van der Waals surface area contributed by atoms with Gasteiger partial charge in [-0.15, -0.1) is 0 Å². The van der Waals surface area contributed by atoms with Gasteiger partial charge in [-0.05, 0) is 63.0 Å². The highest BCUT2D eigenvalue weighted by atomic mass is 15.2. The Kier molecular flexibility index (Phi) is 5.86. The van der Waals surface area contributed by atoms with Gasteiger partial charge in [-0.2, -0.15) is 0 Å². The van der Waals surface area contributed by atoms with Crippen molar-refractivity contribution >= 4 is 92.3 Å². The van der Waals surface area contributed by atoms with Crippen LogP contribution in [0, 0.1) is 0 Å². The average Bonchev–Trinajstić information content (AvgIpc) is 3.75. The predicted octanol–water partition coefficient (Wildman–Crippen LogP) is 13.5. The van der Waals surface area contributed by atoms with E-state index >= 15 is 0 Å². The van der Waals surface area contributed by atoms with Gasteiger partial charge >= 0.3 is 0 Å². The van der Waals surface area contributed by atoms with Gasteiger partial charge in [0.05, 0.1) is 38.8 Å². The van der Waals surface area contributed by atoms with E-state index in [1.165, 1.54) is 76.2 Å². The van der Waals surface area contributed by atoms with E-state index in [0.717, 1.165) is 38.6 Å². The molecule has 0 radical (unpaired) electrons. The Morgan fingerprint density at radius 3 is 1.82 bits per heavy atom. The molecule has 4 nitrogen and oxygen atoms in total. The third kappa shape index (κ3) is 3.87. The summed E-state index contributed by atoms with van der Waals surface area (Å²) >= 11 is 0. The van der Waals surface area contributed by atoms with E-state index in [1.807, 2.05) is 0 Å². The molecular weight excluding hydrogens is 681 g/mol. The predicted molar refractivity (Wildman–Crippen MR) is 234 cm³/mol. The second-order valence-electron chi connectivity index (χ2n) is 14.9. The lowest BCUT2D eigenvalue weighted by Gasteiger charge is -2.16. The van der Waals surface area contributed by atoms with Crippen molar-refractivity contribution in [1.82, 2.24) is 18.9 Å². The molecule has 0 saturated carbocycles. The molecule has 13 aromatic rings. The number of nitrogens with zero attached hydrogens (tertiary/aromatic N) is 4. The van der Waals surface area contributed by atoms with Crippen LogP contribution in [0.1, 0.15) is 0 Å². The van der Waals surface area contributed by atoms with E-state index in [0.29, 0.717) is 5.95 Å². The maximum Gasteiger partial charge on any atom is 0.235 e. The number of benzene rings is 9. The first-order valence-corrected chi connectivity index (χ1v) is 19.2. The molecule has 0 N–H and O–H groups in total. The number of hydrogen-bond acceptors (Lipinski definition) is 2. The van der Waals surface area contributed by atoms with E-state index in [1.54, 1.807) is 0 Å². The number of fused-ring (bicyclic) bond motifs is 9. The van der Waals surface area contributed by atoms with Crippen molar-refractivity contribution in [2.75, 3.05) is 0 Å². The topological polar surface area (TPSA) is 35.1 Å². The van der Waals surface area contributed by atoms with Gasteiger partial charge in [0.25, 0.3) is 0 Å². The summed E-state index contributed by atoms with van der Waals surface area (Å²) in [6.45, 7) is 0. The Balaban J connectivity index is 1.20. The molecule has 13 rings (SSSR count). The van der Waals surface area contributed by atoms with Crippen molar-refractivity contribution in [3.05, 3.63) is 182 Å². The lowest BCUT2D eigenvalue weighted by atomic mass is 9.91. The van der Waals surface area contributed by atoms with Crippen LogP contribution >= 0.6 is 0 Å². The van der Waals surface area contributed by atoms with Gasteiger partial charge in [-0.25, -0.2) is 9.97 Å². The van der Waals surface area contributed by atoms with Crippen LogP contribution in [0.15, 0.2) is 182 Å². The summed E-state index contributed by atoms with van der Waals surface area (Å²) in [6, 6.07) is 65.8. The number of hydrogen-bond donors (Lipinski definition) is 0. The Morgan fingerprint density at radius 1 is 0.357 bits per heavy atom. The molecule has 0 aliphatic heterocycles. The van der Waals surface area contributed by atoms with Crippen LogP contribution in [-0.2, 0) is 0 Å². The van der Waals surface area contributed by atoms with Crippen molar-refractivity contribution in [2.45, 2.75) is 0 Å². The van der Waals surface area contributed by atoms with Gasteiger partial charge in [0.1, 0.15) is 0 Å². The maximum absolute atomic E-state index is 5.60. The minimum atomic E-state index is 0.657. The second kappa shape index (κ2) is 11.0. The number of aromatic nitrogens is 4. The minimum Gasteiger partial charge on any atom is -0.308 e. The maximum atomic E-state index is 5.60. The minimum absolute atomic E-state index is 0.657. The fourth-order valence-electron chi connectivity index (χ4n) is 9.75. The highest BCUT2D eigenvalue weighted by molar-refractivity contribution is 6.31. The van der Waals surface area contributed by atoms with Crippen molar-refractivity contribution in [1.29, 1.82) is 0 Å². The quantitative estimate of drug-likeness (QED) is 0.171. The molecule has 56 heavy (non-hydrogen) atoms. The molecule has 0 unspecified atom stereocenters. The smallest absolute Gasteiger partial charge is 0.235 e. The monoisotopic (exact) mass is 710 g/mol. The van der Waals surface area contributed by atoms with Crippen LogP contribution in [-0.4, -0.2) is 18.9 Å². The Labute approximate surface area is 320 Å². The van der Waals surface area contributed by atoms with Crippen LogP contribution in [0.2, 0.25) is 0 Å². The highest BCUT2D eigenvalue weighted by Crippen LogP contribution is 2.45. The van der Waals surface area contributed by atoms with Gasteiger partial charge in [0.15, 0.2) is 0 Å². The van der Waals surface area contributed by atoms with Crippen LogP contribution in [0.4, 0.5) is 0 Å². The summed E-state index contributed by atoms with van der Waals surface area (Å²) in [7, 11) is 0. The van der Waals surface area contributed by atoms with E-state index in [4.69, 9.17) is 9.97 Å². The third-order valence-electron chi connectivity index (χ3n) is 12.0. The zero-order chi connectivity index (χ0) is 36.5. The first-order valence-electron chi connectivity index (χ1n) is 19.2. The third-order valence-corrected chi connectivity index (χ3v) is 12.0. The lowest BCUT2D eigenvalue weighted by Crippen LogP contribution is -2.04. The standard InChI is InChI=1S/C52H30N4/c1-2-15-32(16-3-1)49-42-30-41(34-22-10-17-31-14-4-5-18-33(31)34)35-19-6-7-21-38(35)50(42)54-52(53-49)56-44-27-12-23-37-40-25-11-24-39-36-20-8-9-26-43(36)55(51(39)40)45-28-13-29-46(56)48(45)47(37)44/h1-30H. The molecule has 0 amide bonds. The summed E-state index contributed by atoms with van der Waals surface area (Å²) in [4.78, 5) is 11.2. The van der Waals surface area contributed by atoms with Gasteiger partial charge in [0.2, 0.25) is 5.95 Å². The van der Waals surface area contributed by atoms with Crippen LogP contribution in [0.25, 0.3) is 121 Å². The van der Waals surface area contributed by atoms with Crippen LogP contribution in [0.5, 0.6) is 0 Å². The molecule has 0 atom stereocenters. The summed E-state index contributed by atoms with van der Waals surface area (Å²) in [6.07, 6.45) is 0. The van der Waals surface area contributed by atoms with Crippen LogP contribution < -0.4 is 0 Å². The van der Waals surface area contributed by atoms with Gasteiger partial charge in [-0.1, -0.05) is 152 Å². The van der Waals surface area contributed by atoms with E-state index in [9.17, 15) is 0 Å². The highest BCUT2D eigenvalue weighted by Gasteiger charge is 2.24. The number of para-hydroxylation sites is 2. The summed E-state index contributed by atoms with van der Waals surface area (Å²) in [5.41, 5.74) is 11.1. The van der Waals surface area contributed by atoms with E-state index < -0.39 is 0 Å². The van der Waals surface area contributed by atoms with Gasteiger partial charge < -0.3 is 4.40 Å². The molecule has 0 aliphatic carbocycles. The second-order valence-corrected chi connectivity index (χ2v) is 14.9. The molecule has 4 heteroatoms. The molecule has 0 fully saturated rings. The normalized spacial score (nSPS) is 12.3. The van der Waals surface area contributed by atoms with E-state index in [2.05, 4.69) is 191 Å². The molecule has 0 aliphatic rings. The molecule has 4 aromatic heterocycles. The fourth-order valence-corrected chi connectivity index (χ4v) is 9.75. The largest absolute Gasteiger partial charge is 0.308 e. The summed E-state index contributed by atoms with van der Waals surface area (Å²) in [5, 5.41) is 13.2. The Bertz CT molecular complexity index is 3750. The Hall–Kier alpha value is -7.56. The average molecular weight is 711 g/mol. The van der Waals surface area contributed by atoms with Crippen molar-refractivity contribution < 1.29 is 0 Å². The van der Waals surface area contributed by atoms with Crippen LogP contribution in [0.3, 0.4) is 0 Å². The fraction of sp³-hybridized carbons (Fsp3) is 0.